The van der Waals surface area contributed by atoms with Crippen molar-refractivity contribution >= 4 is 35.2 Å². The number of para-hydroxylation sites is 1. The van der Waals surface area contributed by atoms with Crippen LogP contribution in [0.25, 0.3) is 0 Å². The number of nitrogens with one attached hydrogen (secondary N) is 2. The zero-order valence-corrected chi connectivity index (χ0v) is 23.4. The summed E-state index contributed by atoms with van der Waals surface area (Å²) in [5.41, 5.74) is 3.19. The third-order valence-electron chi connectivity index (χ3n) is 5.47. The van der Waals surface area contributed by atoms with Gasteiger partial charge < -0.3 is 20.3 Å². The lowest BCUT2D eigenvalue weighted by Crippen LogP contribution is -2.53. The number of hydrogen-bond acceptors (Lipinski definition) is 4. The second kappa shape index (κ2) is 11.8. The number of ether oxygens (including phenoxy) is 1. The van der Waals surface area contributed by atoms with Gasteiger partial charge in [-0.05, 0) is 79.5 Å². The fourth-order valence-corrected chi connectivity index (χ4v) is 4.31. The maximum Gasteiger partial charge on any atom is 0.408 e. The Labute approximate surface area is 219 Å². The lowest BCUT2D eigenvalue weighted by Gasteiger charge is -2.37. The summed E-state index contributed by atoms with van der Waals surface area (Å²) in [5.74, 6) is -0.811. The molecule has 2 unspecified atom stereocenters. The third kappa shape index (κ3) is 7.72. The van der Waals surface area contributed by atoms with E-state index >= 15 is 0 Å². The van der Waals surface area contributed by atoms with Crippen molar-refractivity contribution in [3.8, 4) is 0 Å². The molecule has 36 heavy (non-hydrogen) atoms. The second-order valence-electron chi connectivity index (χ2n) is 10.5. The van der Waals surface area contributed by atoms with Gasteiger partial charge in [0, 0.05) is 6.04 Å². The van der Waals surface area contributed by atoms with Crippen molar-refractivity contribution in [2.75, 3.05) is 5.32 Å². The maximum absolute atomic E-state index is 13.8. The molecule has 0 aromatic heterocycles. The van der Waals surface area contributed by atoms with E-state index < -0.39 is 35.6 Å². The molecular weight excluding hydrogens is 478 g/mol. The molecule has 3 amide bonds. The van der Waals surface area contributed by atoms with Gasteiger partial charge in [-0.15, -0.1) is 0 Å². The first-order valence-corrected chi connectivity index (χ1v) is 12.4. The Bertz CT molecular complexity index is 1080. The number of rotatable bonds is 7. The van der Waals surface area contributed by atoms with Gasteiger partial charge in [0.1, 0.15) is 17.7 Å². The zero-order chi connectivity index (χ0) is 27.4. The first kappa shape index (κ1) is 29.2. The molecule has 2 atom stereocenters. The first-order chi connectivity index (χ1) is 16.6. The van der Waals surface area contributed by atoms with Gasteiger partial charge in [0.25, 0.3) is 5.91 Å². The SMILES string of the molecule is Cc1cc(C)cc(C(C(=O)Nc2c(C)cccc2Cl)N(C(=O)C(C)NC(=O)OC(C)(C)C)C(C)C)c1. The largest absolute Gasteiger partial charge is 0.444 e. The number of alkyl carbamates (subject to hydrolysis) is 1. The Morgan fingerprint density at radius 2 is 1.56 bits per heavy atom. The van der Waals surface area contributed by atoms with Gasteiger partial charge in [-0.1, -0.05) is 53.1 Å². The van der Waals surface area contributed by atoms with Crippen LogP contribution in [0.15, 0.2) is 36.4 Å². The van der Waals surface area contributed by atoms with Gasteiger partial charge in [0.15, 0.2) is 0 Å². The summed E-state index contributed by atoms with van der Waals surface area (Å²) in [4.78, 5) is 41.4. The lowest BCUT2D eigenvalue weighted by molar-refractivity contribution is -0.142. The van der Waals surface area contributed by atoms with Crippen LogP contribution in [-0.4, -0.2) is 40.5 Å². The molecule has 2 aromatic carbocycles. The number of halogens is 1. The molecule has 0 fully saturated rings. The number of nitrogens with zero attached hydrogens (tertiary/aromatic N) is 1. The second-order valence-corrected chi connectivity index (χ2v) is 10.9. The van der Waals surface area contributed by atoms with E-state index in [4.69, 9.17) is 16.3 Å². The smallest absolute Gasteiger partial charge is 0.408 e. The number of hydrogen-bond donors (Lipinski definition) is 2. The zero-order valence-electron chi connectivity index (χ0n) is 22.7. The van der Waals surface area contributed by atoms with Crippen LogP contribution >= 0.6 is 11.6 Å². The normalized spacial score (nSPS) is 13.1. The van der Waals surface area contributed by atoms with Crippen molar-refractivity contribution in [1.82, 2.24) is 10.2 Å². The molecule has 2 N–H and O–H groups in total. The van der Waals surface area contributed by atoms with E-state index in [1.165, 1.54) is 4.90 Å². The summed E-state index contributed by atoms with van der Waals surface area (Å²) in [5, 5.41) is 5.95. The van der Waals surface area contributed by atoms with Gasteiger partial charge in [-0.2, -0.15) is 0 Å². The molecule has 0 heterocycles. The fraction of sp³-hybridized carbons (Fsp3) is 0.464. The van der Waals surface area contributed by atoms with Gasteiger partial charge in [-0.3, -0.25) is 9.59 Å². The van der Waals surface area contributed by atoms with Crippen LogP contribution in [0, 0.1) is 20.8 Å². The van der Waals surface area contributed by atoms with E-state index in [-0.39, 0.29) is 6.04 Å². The molecule has 8 heteroatoms. The Hall–Kier alpha value is -3.06. The minimum Gasteiger partial charge on any atom is -0.444 e. The quantitative estimate of drug-likeness (QED) is 0.466. The highest BCUT2D eigenvalue weighted by Crippen LogP contribution is 2.31. The van der Waals surface area contributed by atoms with E-state index in [1.807, 2.05) is 65.0 Å². The monoisotopic (exact) mass is 515 g/mol. The van der Waals surface area contributed by atoms with Crippen LogP contribution in [0.5, 0.6) is 0 Å². The standard InChI is InChI=1S/C28H38ClN3O4/c1-16(2)32(26(34)20(6)30-27(35)36-28(7,8)9)24(21-14-17(3)13-18(4)15-21)25(33)31-23-19(5)11-10-12-22(23)29/h10-16,20,24H,1-9H3,(H,30,35)(H,31,33). The van der Waals surface area contributed by atoms with Crippen molar-refractivity contribution < 1.29 is 19.1 Å². The number of benzene rings is 2. The first-order valence-electron chi connectivity index (χ1n) is 12.1. The number of aryl methyl sites for hydroxylation is 3. The number of anilines is 1. The van der Waals surface area contributed by atoms with Gasteiger partial charge in [0.05, 0.1) is 10.7 Å². The number of amides is 3. The van der Waals surface area contributed by atoms with Gasteiger partial charge in [0.2, 0.25) is 5.91 Å². The molecule has 0 aliphatic heterocycles. The third-order valence-corrected chi connectivity index (χ3v) is 5.79. The Kier molecular flexibility index (Phi) is 9.55. The average molecular weight is 516 g/mol. The Balaban J connectivity index is 2.51. The van der Waals surface area contributed by atoms with Crippen molar-refractivity contribution in [2.24, 2.45) is 0 Å². The molecule has 0 saturated carbocycles. The summed E-state index contributed by atoms with van der Waals surface area (Å²) in [6.45, 7) is 16.2. The highest BCUT2D eigenvalue weighted by atomic mass is 35.5. The molecule has 0 aliphatic rings. The van der Waals surface area contributed by atoms with Crippen LogP contribution in [0.3, 0.4) is 0 Å². The predicted octanol–water partition coefficient (Wildman–Crippen LogP) is 6.10. The molecule has 2 aromatic rings. The number of carbonyl (C=O) groups excluding carboxylic acids is 3. The van der Waals surface area contributed by atoms with Gasteiger partial charge in [-0.25, -0.2) is 4.79 Å². The Morgan fingerprint density at radius 1 is 0.972 bits per heavy atom. The predicted molar refractivity (Wildman–Crippen MR) is 144 cm³/mol. The van der Waals surface area contributed by atoms with E-state index in [9.17, 15) is 14.4 Å². The van der Waals surface area contributed by atoms with Crippen LogP contribution in [0.1, 0.15) is 69.8 Å². The van der Waals surface area contributed by atoms with E-state index in [0.29, 0.717) is 16.3 Å². The van der Waals surface area contributed by atoms with Crippen molar-refractivity contribution in [3.63, 3.8) is 0 Å². The van der Waals surface area contributed by atoms with Crippen molar-refractivity contribution in [1.29, 1.82) is 0 Å². The minimum atomic E-state index is -0.963. The molecule has 7 nitrogen and oxygen atoms in total. The maximum atomic E-state index is 13.8. The van der Waals surface area contributed by atoms with Crippen LogP contribution in [-0.2, 0) is 14.3 Å². The summed E-state index contributed by atoms with van der Waals surface area (Å²) in [6, 6.07) is 8.91. The average Bonchev–Trinajstić information content (AvgIpc) is 2.71. The van der Waals surface area contributed by atoms with E-state index in [1.54, 1.807) is 33.8 Å². The summed E-state index contributed by atoms with van der Waals surface area (Å²) in [6.07, 6.45) is -0.703. The van der Waals surface area contributed by atoms with Crippen molar-refractivity contribution in [2.45, 2.75) is 86.0 Å². The molecule has 0 saturated heterocycles. The molecule has 0 aliphatic carbocycles. The van der Waals surface area contributed by atoms with E-state index in [0.717, 1.165) is 16.7 Å². The van der Waals surface area contributed by atoms with Crippen LogP contribution in [0.4, 0.5) is 10.5 Å². The van der Waals surface area contributed by atoms with E-state index in [2.05, 4.69) is 10.6 Å². The minimum absolute atomic E-state index is 0.357. The molecule has 2 rings (SSSR count). The molecule has 196 valence electrons. The fourth-order valence-electron chi connectivity index (χ4n) is 4.04. The topological polar surface area (TPSA) is 87.7 Å². The van der Waals surface area contributed by atoms with Crippen LogP contribution < -0.4 is 10.6 Å². The summed E-state index contributed by atoms with van der Waals surface area (Å²) in [7, 11) is 0. The molecule has 0 radical (unpaired) electrons. The van der Waals surface area contributed by atoms with Gasteiger partial charge >= 0.3 is 6.09 Å². The molecule has 0 bridgehead atoms. The van der Waals surface area contributed by atoms with Crippen molar-refractivity contribution in [3.05, 3.63) is 63.7 Å². The highest BCUT2D eigenvalue weighted by molar-refractivity contribution is 6.34. The molecular formula is C28H38ClN3O4. The lowest BCUT2D eigenvalue weighted by atomic mass is 9.97. The number of carbonyl (C=O) groups is 3. The summed E-state index contributed by atoms with van der Waals surface area (Å²) < 4.78 is 5.31. The molecule has 0 spiro atoms. The summed E-state index contributed by atoms with van der Waals surface area (Å²) >= 11 is 6.38. The highest BCUT2D eigenvalue weighted by Gasteiger charge is 2.37. The Morgan fingerprint density at radius 3 is 2.06 bits per heavy atom. The van der Waals surface area contributed by atoms with Crippen LogP contribution in [0.2, 0.25) is 5.02 Å².